The molecule has 188 valence electrons. The Morgan fingerprint density at radius 1 is 0.579 bits per heavy atom. The van der Waals surface area contributed by atoms with E-state index in [0.717, 1.165) is 0 Å². The van der Waals surface area contributed by atoms with Crippen molar-refractivity contribution in [2.45, 2.75) is 0 Å². The number of carbonyl (C=O) groups is 2. The third-order valence-corrected chi connectivity index (χ3v) is 5.78. The summed E-state index contributed by atoms with van der Waals surface area (Å²) < 4.78 is 0. The standard InChI is InChI=1S/2C14H10N2O3/c2*17-12-4-2-1-3-9(12)13-15-10-6-5-8(14(18)19)7-11(10)16-13/h2*1-7,17H,(H,15,16)(H,18,19). The first-order valence-electron chi connectivity index (χ1n) is 11.3. The van der Waals surface area contributed by atoms with Crippen LogP contribution in [-0.2, 0) is 0 Å². The van der Waals surface area contributed by atoms with Crippen LogP contribution in [0.15, 0.2) is 84.9 Å². The summed E-state index contributed by atoms with van der Waals surface area (Å²) in [6, 6.07) is 23.0. The van der Waals surface area contributed by atoms with Crippen LogP contribution in [0.25, 0.3) is 44.8 Å². The fraction of sp³-hybridized carbons (Fsp3) is 0. The van der Waals surface area contributed by atoms with Crippen molar-refractivity contribution in [2.75, 3.05) is 0 Å². The lowest BCUT2D eigenvalue weighted by molar-refractivity contribution is 0.0686. The highest BCUT2D eigenvalue weighted by Gasteiger charge is 2.12. The summed E-state index contributed by atoms with van der Waals surface area (Å²) in [5, 5.41) is 37.4. The van der Waals surface area contributed by atoms with Gasteiger partial charge in [0.15, 0.2) is 0 Å². The van der Waals surface area contributed by atoms with Crippen LogP contribution in [-0.4, -0.2) is 52.3 Å². The molecule has 6 aromatic rings. The number of carboxylic acid groups (broad SMARTS) is 2. The van der Waals surface area contributed by atoms with E-state index in [1.807, 2.05) is 0 Å². The van der Waals surface area contributed by atoms with Crippen molar-refractivity contribution in [3.8, 4) is 34.3 Å². The molecule has 6 rings (SSSR count). The van der Waals surface area contributed by atoms with Gasteiger partial charge in [-0.25, -0.2) is 19.6 Å². The molecule has 38 heavy (non-hydrogen) atoms. The lowest BCUT2D eigenvalue weighted by atomic mass is 10.2. The van der Waals surface area contributed by atoms with E-state index in [4.69, 9.17) is 10.2 Å². The van der Waals surface area contributed by atoms with Gasteiger partial charge in [-0.2, -0.15) is 0 Å². The topological polar surface area (TPSA) is 172 Å². The van der Waals surface area contributed by atoms with Gasteiger partial charge in [0.1, 0.15) is 23.1 Å². The molecule has 0 saturated carbocycles. The number of aromatic nitrogens is 4. The van der Waals surface area contributed by atoms with Crippen molar-refractivity contribution in [2.24, 2.45) is 0 Å². The second kappa shape index (κ2) is 9.78. The van der Waals surface area contributed by atoms with Crippen molar-refractivity contribution in [3.05, 3.63) is 96.1 Å². The minimum absolute atomic E-state index is 0.125. The normalized spacial score (nSPS) is 10.7. The molecule has 0 radical (unpaired) electrons. The average Bonchev–Trinajstić information content (AvgIpc) is 3.52. The van der Waals surface area contributed by atoms with Gasteiger partial charge in [-0.05, 0) is 60.7 Å². The van der Waals surface area contributed by atoms with Crippen LogP contribution in [0.1, 0.15) is 20.7 Å². The zero-order valence-electron chi connectivity index (χ0n) is 19.6. The van der Waals surface area contributed by atoms with E-state index in [-0.39, 0.29) is 22.6 Å². The van der Waals surface area contributed by atoms with Crippen LogP contribution in [0.2, 0.25) is 0 Å². The Morgan fingerprint density at radius 2 is 0.974 bits per heavy atom. The number of nitrogens with one attached hydrogen (secondary N) is 2. The third-order valence-electron chi connectivity index (χ3n) is 5.78. The summed E-state index contributed by atoms with van der Waals surface area (Å²) in [5.74, 6) is -0.701. The van der Waals surface area contributed by atoms with E-state index in [2.05, 4.69) is 19.9 Å². The maximum atomic E-state index is 10.9. The number of imidazole rings is 2. The Bertz CT molecular complexity index is 1690. The number of aromatic amines is 2. The van der Waals surface area contributed by atoms with Crippen LogP contribution >= 0.6 is 0 Å². The van der Waals surface area contributed by atoms with Gasteiger partial charge in [-0.1, -0.05) is 24.3 Å². The molecule has 0 spiro atoms. The van der Waals surface area contributed by atoms with Crippen LogP contribution in [0.4, 0.5) is 0 Å². The number of aromatic carboxylic acids is 2. The number of H-pyrrole nitrogens is 2. The molecular weight excluding hydrogens is 488 g/mol. The molecule has 0 atom stereocenters. The SMILES string of the molecule is O=C(O)c1ccc2nc(-c3ccccc3O)[nH]c2c1.O=C(O)c1ccc2nc(-c3ccccc3O)[nH]c2c1. The number of benzene rings is 4. The number of hydrogen-bond acceptors (Lipinski definition) is 6. The minimum Gasteiger partial charge on any atom is -0.507 e. The van der Waals surface area contributed by atoms with Gasteiger partial charge in [0.25, 0.3) is 0 Å². The number of rotatable bonds is 4. The Hall–Kier alpha value is -5.64. The summed E-state index contributed by atoms with van der Waals surface area (Å²) in [7, 11) is 0. The fourth-order valence-corrected chi connectivity index (χ4v) is 3.89. The molecule has 0 fully saturated rings. The first kappa shape index (κ1) is 24.1. The predicted octanol–water partition coefficient (Wildman–Crippen LogP) is 5.27. The summed E-state index contributed by atoms with van der Waals surface area (Å²) in [6.07, 6.45) is 0. The zero-order valence-corrected chi connectivity index (χ0v) is 19.6. The summed E-state index contributed by atoms with van der Waals surface area (Å²) in [6.45, 7) is 0. The Kier molecular flexibility index (Phi) is 6.20. The third kappa shape index (κ3) is 4.73. The highest BCUT2D eigenvalue weighted by Crippen LogP contribution is 2.29. The van der Waals surface area contributed by atoms with Crippen molar-refractivity contribution < 1.29 is 30.0 Å². The molecule has 0 aliphatic carbocycles. The first-order valence-corrected chi connectivity index (χ1v) is 11.3. The molecule has 10 heteroatoms. The van der Waals surface area contributed by atoms with Gasteiger partial charge in [-0.3, -0.25) is 0 Å². The maximum Gasteiger partial charge on any atom is 0.335 e. The first-order chi connectivity index (χ1) is 18.3. The van der Waals surface area contributed by atoms with Crippen LogP contribution in [0, 0.1) is 0 Å². The number of phenolic OH excluding ortho intramolecular Hbond substituents is 2. The molecule has 2 aromatic heterocycles. The number of fused-ring (bicyclic) bond motifs is 2. The smallest absolute Gasteiger partial charge is 0.335 e. The molecule has 10 nitrogen and oxygen atoms in total. The second-order valence-electron chi connectivity index (χ2n) is 8.28. The molecule has 0 unspecified atom stereocenters. The van der Waals surface area contributed by atoms with Crippen molar-refractivity contribution in [1.82, 2.24) is 19.9 Å². The van der Waals surface area contributed by atoms with Crippen LogP contribution in [0.3, 0.4) is 0 Å². The lowest BCUT2D eigenvalue weighted by Crippen LogP contribution is -1.94. The van der Waals surface area contributed by atoms with Gasteiger partial charge in [0, 0.05) is 0 Å². The summed E-state index contributed by atoms with van der Waals surface area (Å²) >= 11 is 0. The molecule has 6 N–H and O–H groups in total. The number of carboxylic acids is 2. The lowest BCUT2D eigenvalue weighted by Gasteiger charge is -1.98. The number of hydrogen-bond donors (Lipinski definition) is 6. The molecular formula is C28H20N4O6. The predicted molar refractivity (Wildman–Crippen MR) is 140 cm³/mol. The Balaban J connectivity index is 0.000000155. The fourth-order valence-electron chi connectivity index (χ4n) is 3.89. The van der Waals surface area contributed by atoms with E-state index in [9.17, 15) is 19.8 Å². The molecule has 0 amide bonds. The number of para-hydroxylation sites is 2. The van der Waals surface area contributed by atoms with E-state index >= 15 is 0 Å². The van der Waals surface area contributed by atoms with E-state index in [1.165, 1.54) is 24.3 Å². The maximum absolute atomic E-state index is 10.9. The quantitative estimate of drug-likeness (QED) is 0.187. The highest BCUT2D eigenvalue weighted by atomic mass is 16.4. The minimum atomic E-state index is -0.986. The second-order valence-corrected chi connectivity index (χ2v) is 8.28. The Morgan fingerprint density at radius 3 is 1.34 bits per heavy atom. The highest BCUT2D eigenvalue weighted by molar-refractivity contribution is 5.94. The molecule has 0 aliphatic heterocycles. The Labute approximate surface area is 214 Å². The van der Waals surface area contributed by atoms with Crippen LogP contribution in [0.5, 0.6) is 11.5 Å². The molecule has 4 aromatic carbocycles. The van der Waals surface area contributed by atoms with Gasteiger partial charge in [-0.15, -0.1) is 0 Å². The van der Waals surface area contributed by atoms with Crippen molar-refractivity contribution in [3.63, 3.8) is 0 Å². The molecule has 0 bridgehead atoms. The molecule has 2 heterocycles. The van der Waals surface area contributed by atoms with E-state index in [1.54, 1.807) is 60.7 Å². The zero-order chi connectivity index (χ0) is 26.8. The number of nitrogens with zero attached hydrogens (tertiary/aromatic N) is 2. The van der Waals surface area contributed by atoms with E-state index in [0.29, 0.717) is 44.8 Å². The van der Waals surface area contributed by atoms with Gasteiger partial charge in [0.2, 0.25) is 0 Å². The van der Waals surface area contributed by atoms with Gasteiger partial charge in [0.05, 0.1) is 44.3 Å². The number of aromatic hydroxyl groups is 2. The van der Waals surface area contributed by atoms with Crippen molar-refractivity contribution >= 4 is 34.0 Å². The van der Waals surface area contributed by atoms with E-state index < -0.39 is 11.9 Å². The number of phenols is 2. The largest absolute Gasteiger partial charge is 0.507 e. The monoisotopic (exact) mass is 508 g/mol. The van der Waals surface area contributed by atoms with Gasteiger partial charge < -0.3 is 30.4 Å². The van der Waals surface area contributed by atoms with Crippen LogP contribution < -0.4 is 0 Å². The average molecular weight is 508 g/mol. The summed E-state index contributed by atoms with van der Waals surface area (Å²) in [5.41, 5.74) is 4.11. The molecule has 0 saturated heterocycles. The van der Waals surface area contributed by atoms with Gasteiger partial charge >= 0.3 is 11.9 Å². The summed E-state index contributed by atoms with van der Waals surface area (Å²) in [4.78, 5) is 36.5. The molecule has 0 aliphatic rings. The van der Waals surface area contributed by atoms with Crippen molar-refractivity contribution in [1.29, 1.82) is 0 Å².